The van der Waals surface area contributed by atoms with E-state index in [9.17, 15) is 0 Å². The van der Waals surface area contributed by atoms with Crippen LogP contribution in [0.2, 0.25) is 0 Å². The highest BCUT2D eigenvalue weighted by molar-refractivity contribution is 5.44. The Bertz CT molecular complexity index is 410. The van der Waals surface area contributed by atoms with E-state index < -0.39 is 0 Å². The van der Waals surface area contributed by atoms with Gasteiger partial charge in [0.05, 0.1) is 5.69 Å². The summed E-state index contributed by atoms with van der Waals surface area (Å²) < 4.78 is 0. The summed E-state index contributed by atoms with van der Waals surface area (Å²) in [6, 6.07) is 0. The van der Waals surface area contributed by atoms with Crippen LogP contribution in [-0.4, -0.2) is 16.5 Å². The van der Waals surface area contributed by atoms with Crippen molar-refractivity contribution in [1.82, 2.24) is 15.3 Å². The molecule has 0 bridgehead atoms. The number of aromatic nitrogens is 2. The number of hydrogen-bond acceptors (Lipinski definition) is 4. The van der Waals surface area contributed by atoms with Crippen molar-refractivity contribution in [2.24, 2.45) is 0 Å². The van der Waals surface area contributed by atoms with Crippen molar-refractivity contribution >= 4 is 5.82 Å². The molecule has 2 heterocycles. The van der Waals surface area contributed by atoms with E-state index in [4.69, 9.17) is 10.7 Å². The minimum atomic E-state index is 0.540. The lowest BCUT2D eigenvalue weighted by molar-refractivity contribution is 0.426. The summed E-state index contributed by atoms with van der Waals surface area (Å²) in [6.45, 7) is 1.84. The fraction of sp³-hybridized carbons (Fsp3) is 0.692. The second-order valence-corrected chi connectivity index (χ2v) is 5.15. The molecule has 92 valence electrons. The van der Waals surface area contributed by atoms with E-state index in [2.05, 4.69) is 10.3 Å². The van der Waals surface area contributed by atoms with Gasteiger partial charge in [-0.3, -0.25) is 0 Å². The number of anilines is 1. The van der Waals surface area contributed by atoms with Gasteiger partial charge in [-0.15, -0.1) is 0 Å². The molecule has 3 rings (SSSR count). The molecule has 1 aliphatic carbocycles. The van der Waals surface area contributed by atoms with E-state index in [1.807, 2.05) is 0 Å². The highest BCUT2D eigenvalue weighted by Gasteiger charge is 2.22. The first-order valence-electron chi connectivity index (χ1n) is 6.70. The van der Waals surface area contributed by atoms with Crippen LogP contribution in [0, 0.1) is 0 Å². The number of fused-ring (bicyclic) bond motifs is 1. The van der Waals surface area contributed by atoms with E-state index in [1.165, 1.54) is 37.7 Å². The topological polar surface area (TPSA) is 63.8 Å². The summed E-state index contributed by atoms with van der Waals surface area (Å²) in [4.78, 5) is 9.29. The Labute approximate surface area is 102 Å². The standard InChI is InChI=1S/C13H20N4/c14-12-10-6-7-15-8-11(10)16-13(17-12)9-4-2-1-3-5-9/h9,15H,1-8H2,(H2,14,16,17). The molecule has 0 spiro atoms. The monoisotopic (exact) mass is 232 g/mol. The number of nitrogens with two attached hydrogens (primary N) is 1. The first-order chi connectivity index (χ1) is 8.34. The van der Waals surface area contributed by atoms with E-state index in [0.29, 0.717) is 5.92 Å². The van der Waals surface area contributed by atoms with Crippen molar-refractivity contribution < 1.29 is 0 Å². The molecule has 1 aromatic heterocycles. The first-order valence-corrected chi connectivity index (χ1v) is 6.70. The maximum atomic E-state index is 6.07. The maximum Gasteiger partial charge on any atom is 0.134 e. The number of rotatable bonds is 1. The smallest absolute Gasteiger partial charge is 0.134 e. The lowest BCUT2D eigenvalue weighted by Gasteiger charge is -2.23. The fourth-order valence-electron chi connectivity index (χ4n) is 2.95. The predicted molar refractivity (Wildman–Crippen MR) is 67.7 cm³/mol. The van der Waals surface area contributed by atoms with Gasteiger partial charge < -0.3 is 11.1 Å². The summed E-state index contributed by atoms with van der Waals surface area (Å²) in [5.41, 5.74) is 8.37. The molecule has 17 heavy (non-hydrogen) atoms. The highest BCUT2D eigenvalue weighted by atomic mass is 15.0. The van der Waals surface area contributed by atoms with Gasteiger partial charge >= 0.3 is 0 Å². The van der Waals surface area contributed by atoms with Crippen molar-refractivity contribution in [3.05, 3.63) is 17.1 Å². The van der Waals surface area contributed by atoms with Crippen LogP contribution in [0.5, 0.6) is 0 Å². The van der Waals surface area contributed by atoms with Crippen LogP contribution in [0.4, 0.5) is 5.82 Å². The van der Waals surface area contributed by atoms with Gasteiger partial charge in [0.2, 0.25) is 0 Å². The zero-order valence-electron chi connectivity index (χ0n) is 10.2. The van der Waals surface area contributed by atoms with Gasteiger partial charge in [-0.05, 0) is 25.8 Å². The second kappa shape index (κ2) is 4.61. The third kappa shape index (κ3) is 2.14. The molecule has 0 aromatic carbocycles. The number of nitrogens with zero attached hydrogens (tertiary/aromatic N) is 2. The van der Waals surface area contributed by atoms with Gasteiger partial charge in [-0.2, -0.15) is 0 Å². The van der Waals surface area contributed by atoms with Crippen molar-refractivity contribution in [2.45, 2.75) is 51.0 Å². The van der Waals surface area contributed by atoms with Gasteiger partial charge in [0.15, 0.2) is 0 Å². The summed E-state index contributed by atoms with van der Waals surface area (Å²) in [5.74, 6) is 2.25. The molecule has 1 aromatic rings. The van der Waals surface area contributed by atoms with Gasteiger partial charge in [0, 0.05) is 18.0 Å². The van der Waals surface area contributed by atoms with Gasteiger partial charge in [-0.25, -0.2) is 9.97 Å². The lowest BCUT2D eigenvalue weighted by atomic mass is 9.88. The van der Waals surface area contributed by atoms with Crippen molar-refractivity contribution in [3.63, 3.8) is 0 Å². The molecule has 0 atom stereocenters. The SMILES string of the molecule is Nc1nc(C2CCCCC2)nc2c1CCNC2. The average molecular weight is 232 g/mol. The summed E-state index contributed by atoms with van der Waals surface area (Å²) in [6.07, 6.45) is 7.40. The number of nitrogen functional groups attached to an aromatic ring is 1. The Morgan fingerprint density at radius 1 is 1.12 bits per heavy atom. The first kappa shape index (κ1) is 11.0. The Morgan fingerprint density at radius 3 is 2.76 bits per heavy atom. The van der Waals surface area contributed by atoms with Gasteiger partial charge in [-0.1, -0.05) is 19.3 Å². The molecule has 0 saturated heterocycles. The van der Waals surface area contributed by atoms with Gasteiger partial charge in [0.25, 0.3) is 0 Å². The van der Waals surface area contributed by atoms with Crippen LogP contribution in [0.15, 0.2) is 0 Å². The minimum Gasteiger partial charge on any atom is -0.383 e. The van der Waals surface area contributed by atoms with Gasteiger partial charge in [0.1, 0.15) is 11.6 Å². The van der Waals surface area contributed by atoms with E-state index in [0.717, 1.165) is 36.8 Å². The Balaban J connectivity index is 1.92. The Kier molecular flexibility index (Phi) is 2.97. The zero-order valence-corrected chi connectivity index (χ0v) is 10.2. The van der Waals surface area contributed by atoms with Crippen LogP contribution >= 0.6 is 0 Å². The molecule has 2 aliphatic rings. The quantitative estimate of drug-likeness (QED) is 0.774. The third-order valence-corrected chi connectivity index (χ3v) is 3.96. The van der Waals surface area contributed by atoms with E-state index in [1.54, 1.807) is 0 Å². The Hall–Kier alpha value is -1.16. The Morgan fingerprint density at radius 2 is 1.94 bits per heavy atom. The fourth-order valence-corrected chi connectivity index (χ4v) is 2.95. The molecule has 1 fully saturated rings. The van der Waals surface area contributed by atoms with Crippen LogP contribution in [0.25, 0.3) is 0 Å². The lowest BCUT2D eigenvalue weighted by Crippen LogP contribution is -2.27. The largest absolute Gasteiger partial charge is 0.383 e. The molecule has 0 radical (unpaired) electrons. The second-order valence-electron chi connectivity index (χ2n) is 5.15. The minimum absolute atomic E-state index is 0.540. The summed E-state index contributed by atoms with van der Waals surface area (Å²) in [7, 11) is 0. The summed E-state index contributed by atoms with van der Waals surface area (Å²) in [5, 5.41) is 3.35. The normalized spacial score (nSPS) is 21.2. The van der Waals surface area contributed by atoms with E-state index >= 15 is 0 Å². The molecular formula is C13H20N4. The molecular weight excluding hydrogens is 212 g/mol. The summed E-state index contributed by atoms with van der Waals surface area (Å²) >= 11 is 0. The van der Waals surface area contributed by atoms with Crippen LogP contribution in [0.1, 0.15) is 55.1 Å². The highest BCUT2D eigenvalue weighted by Crippen LogP contribution is 2.32. The molecule has 1 saturated carbocycles. The van der Waals surface area contributed by atoms with Crippen LogP contribution in [0.3, 0.4) is 0 Å². The molecule has 4 heteroatoms. The van der Waals surface area contributed by atoms with Crippen LogP contribution < -0.4 is 11.1 Å². The maximum absolute atomic E-state index is 6.07. The number of hydrogen-bond donors (Lipinski definition) is 2. The van der Waals surface area contributed by atoms with Crippen molar-refractivity contribution in [3.8, 4) is 0 Å². The molecule has 1 aliphatic heterocycles. The van der Waals surface area contributed by atoms with Crippen molar-refractivity contribution in [2.75, 3.05) is 12.3 Å². The third-order valence-electron chi connectivity index (χ3n) is 3.96. The molecule has 0 unspecified atom stereocenters. The zero-order chi connectivity index (χ0) is 11.7. The molecule has 0 amide bonds. The average Bonchev–Trinajstić information content (AvgIpc) is 2.40. The van der Waals surface area contributed by atoms with Crippen LogP contribution in [-0.2, 0) is 13.0 Å². The van der Waals surface area contributed by atoms with E-state index in [-0.39, 0.29) is 0 Å². The molecule has 4 nitrogen and oxygen atoms in total. The number of nitrogens with one attached hydrogen (secondary N) is 1. The van der Waals surface area contributed by atoms with Crippen molar-refractivity contribution in [1.29, 1.82) is 0 Å². The molecule has 3 N–H and O–H groups in total. The predicted octanol–water partition coefficient (Wildman–Crippen LogP) is 1.75.